The Labute approximate surface area is 258 Å². The zero-order valence-electron chi connectivity index (χ0n) is 27.3. The van der Waals surface area contributed by atoms with Crippen molar-refractivity contribution in [3.63, 3.8) is 0 Å². The molecule has 1 aromatic rings. The molecule has 0 saturated carbocycles. The third-order valence-electron chi connectivity index (χ3n) is 7.40. The van der Waals surface area contributed by atoms with Gasteiger partial charge < -0.3 is 14.5 Å². The third kappa shape index (κ3) is 11.3. The van der Waals surface area contributed by atoms with Gasteiger partial charge in [0.15, 0.2) is 0 Å². The van der Waals surface area contributed by atoms with Gasteiger partial charge in [0.1, 0.15) is 17.2 Å². The van der Waals surface area contributed by atoms with Crippen molar-refractivity contribution in [2.75, 3.05) is 19.6 Å². The van der Waals surface area contributed by atoms with E-state index < -0.39 is 17.2 Å². The van der Waals surface area contributed by atoms with E-state index in [4.69, 9.17) is 4.74 Å². The number of piperazine rings is 1. The number of aliphatic imine (C=N–C) groups is 1. The Balaban J connectivity index is 2.48. The van der Waals surface area contributed by atoms with Crippen LogP contribution in [0.15, 0.2) is 77.6 Å². The molecule has 2 rings (SSSR count). The lowest BCUT2D eigenvalue weighted by Crippen LogP contribution is -2.54. The first kappa shape index (κ1) is 35.7. The molecule has 0 radical (unpaired) electrons. The minimum Gasteiger partial charge on any atom is -0.444 e. The van der Waals surface area contributed by atoms with Crippen LogP contribution in [-0.2, 0) is 4.74 Å². The van der Waals surface area contributed by atoms with Crippen molar-refractivity contribution in [1.82, 2.24) is 9.80 Å². The van der Waals surface area contributed by atoms with Gasteiger partial charge in [0.2, 0.25) is 0 Å². The predicted octanol–water partition coefficient (Wildman–Crippen LogP) is 9.64. The molecule has 1 heterocycles. The maximum atomic E-state index is 14.1. The molecule has 1 atom stereocenters. The van der Waals surface area contributed by atoms with E-state index in [2.05, 4.69) is 55.1 Å². The van der Waals surface area contributed by atoms with Gasteiger partial charge in [-0.15, -0.1) is 0 Å². The van der Waals surface area contributed by atoms with Crippen LogP contribution in [-0.4, -0.2) is 52.9 Å². The van der Waals surface area contributed by atoms with Crippen molar-refractivity contribution in [2.45, 2.75) is 98.6 Å². The van der Waals surface area contributed by atoms with Gasteiger partial charge in [-0.3, -0.25) is 4.99 Å². The van der Waals surface area contributed by atoms with Crippen molar-refractivity contribution >= 4 is 17.4 Å². The summed E-state index contributed by atoms with van der Waals surface area (Å²) in [5, 5.41) is 0. The number of carbonyl (C=O) groups is 1. The standard InChI is InChI=1S/C36H51F2N3O2/c1-10-13-14-15-16-17-18-29(11-2)34(33(39-12-3)21-26(4)30-22-31(37)24-32(38)23-30)28(6)40-19-20-41(27(5)25-40)35(42)43-36(7,8)9/h11-12,17-18,22-24,27H,3-4,10,13-16,19-21,25H2,1-2,5-9H3/b18-17+,29-11-,34-28+,39-33?/t27-/m0/s1. The van der Waals surface area contributed by atoms with Gasteiger partial charge in [-0.1, -0.05) is 57.6 Å². The van der Waals surface area contributed by atoms with Crippen LogP contribution < -0.4 is 0 Å². The Bertz CT molecular complexity index is 1230. The van der Waals surface area contributed by atoms with Gasteiger partial charge in [0.25, 0.3) is 0 Å². The highest BCUT2D eigenvalue weighted by Gasteiger charge is 2.32. The number of hydrogen-bond donors (Lipinski definition) is 0. The quantitative estimate of drug-likeness (QED) is 0.130. The number of benzene rings is 1. The minimum atomic E-state index is -0.651. The second-order valence-electron chi connectivity index (χ2n) is 12.1. The number of unbranched alkanes of at least 4 members (excludes halogenated alkanes) is 4. The van der Waals surface area contributed by atoms with E-state index in [0.29, 0.717) is 36.5 Å². The van der Waals surface area contributed by atoms with Gasteiger partial charge >= 0.3 is 6.09 Å². The first-order valence-corrected chi connectivity index (χ1v) is 15.4. The number of halogens is 2. The molecule has 0 bridgehead atoms. The Morgan fingerprint density at radius 2 is 1.81 bits per heavy atom. The molecule has 43 heavy (non-hydrogen) atoms. The average molecular weight is 596 g/mol. The Kier molecular flexibility index (Phi) is 14.1. The summed E-state index contributed by atoms with van der Waals surface area (Å²) in [5.41, 5.74) is 3.98. The number of carbonyl (C=O) groups excluding carboxylic acids is 1. The molecule has 1 saturated heterocycles. The van der Waals surface area contributed by atoms with Gasteiger partial charge in [-0.05, 0) is 83.2 Å². The number of allylic oxidation sites excluding steroid dienone is 7. The molecule has 1 aromatic carbocycles. The molecule has 0 aliphatic carbocycles. The largest absolute Gasteiger partial charge is 0.444 e. The van der Waals surface area contributed by atoms with E-state index in [0.717, 1.165) is 35.8 Å². The maximum Gasteiger partial charge on any atom is 0.410 e. The smallest absolute Gasteiger partial charge is 0.410 e. The second-order valence-corrected chi connectivity index (χ2v) is 12.1. The predicted molar refractivity (Wildman–Crippen MR) is 176 cm³/mol. The van der Waals surface area contributed by atoms with E-state index in [1.54, 1.807) is 4.90 Å². The second kappa shape index (κ2) is 17.0. The highest BCUT2D eigenvalue weighted by molar-refractivity contribution is 6.09. The Morgan fingerprint density at radius 1 is 1.14 bits per heavy atom. The lowest BCUT2D eigenvalue weighted by molar-refractivity contribution is 0.00494. The summed E-state index contributed by atoms with van der Waals surface area (Å²) < 4.78 is 33.8. The first-order valence-electron chi connectivity index (χ1n) is 15.4. The van der Waals surface area contributed by atoms with Crippen LogP contribution in [0.2, 0.25) is 0 Å². The van der Waals surface area contributed by atoms with Gasteiger partial charge in [0, 0.05) is 55.6 Å². The molecule has 1 aliphatic heterocycles. The Morgan fingerprint density at radius 3 is 2.37 bits per heavy atom. The number of amides is 1. The van der Waals surface area contributed by atoms with Gasteiger partial charge in [0.05, 0.1) is 5.71 Å². The fourth-order valence-corrected chi connectivity index (χ4v) is 5.19. The fourth-order valence-electron chi connectivity index (χ4n) is 5.19. The van der Waals surface area contributed by atoms with Crippen molar-refractivity contribution in [1.29, 1.82) is 0 Å². The van der Waals surface area contributed by atoms with Crippen LogP contribution in [0.5, 0.6) is 0 Å². The molecular formula is C36H51F2N3O2. The SMILES string of the molecule is C=CN=C(CC(=C)c1cc(F)cc(F)c1)C(/C(=C\C)/C=C/CCCCCC)=C(\C)N1CCN(C(=O)OC(C)(C)C)[C@@H](C)C1. The van der Waals surface area contributed by atoms with Crippen LogP contribution in [0.4, 0.5) is 13.6 Å². The molecule has 7 heteroatoms. The van der Waals surface area contributed by atoms with Crippen LogP contribution in [0.1, 0.15) is 92.6 Å². The zero-order valence-corrected chi connectivity index (χ0v) is 27.3. The highest BCUT2D eigenvalue weighted by Crippen LogP contribution is 2.29. The molecule has 0 unspecified atom stereocenters. The van der Waals surface area contributed by atoms with E-state index in [-0.39, 0.29) is 18.6 Å². The van der Waals surface area contributed by atoms with Crippen molar-refractivity contribution in [3.05, 3.63) is 89.8 Å². The average Bonchev–Trinajstić information content (AvgIpc) is 2.92. The topological polar surface area (TPSA) is 45.1 Å². The summed E-state index contributed by atoms with van der Waals surface area (Å²) >= 11 is 0. The highest BCUT2D eigenvalue weighted by atomic mass is 19.1. The van der Waals surface area contributed by atoms with Crippen molar-refractivity contribution < 1.29 is 18.3 Å². The molecule has 0 spiro atoms. The lowest BCUT2D eigenvalue weighted by atomic mass is 9.91. The van der Waals surface area contributed by atoms with Gasteiger partial charge in [-0.25, -0.2) is 13.6 Å². The zero-order chi connectivity index (χ0) is 32.2. The molecule has 1 amide bonds. The van der Waals surface area contributed by atoms with Crippen LogP contribution in [0.25, 0.3) is 5.57 Å². The number of rotatable bonds is 13. The van der Waals surface area contributed by atoms with E-state index in [9.17, 15) is 13.6 Å². The summed E-state index contributed by atoms with van der Waals surface area (Å²) in [4.78, 5) is 21.6. The number of nitrogens with zero attached hydrogens (tertiary/aromatic N) is 3. The molecule has 0 N–H and O–H groups in total. The summed E-state index contributed by atoms with van der Waals surface area (Å²) in [5.74, 6) is -1.30. The molecule has 1 aliphatic rings. The van der Waals surface area contributed by atoms with E-state index in [1.807, 2.05) is 34.6 Å². The Hall–Kier alpha value is -3.48. The van der Waals surface area contributed by atoms with Crippen molar-refractivity contribution in [2.24, 2.45) is 4.99 Å². The minimum absolute atomic E-state index is 0.0759. The van der Waals surface area contributed by atoms with Crippen LogP contribution in [0, 0.1) is 11.6 Å². The first-order chi connectivity index (χ1) is 20.3. The van der Waals surface area contributed by atoms with E-state index >= 15 is 0 Å². The maximum absolute atomic E-state index is 14.1. The summed E-state index contributed by atoms with van der Waals surface area (Å²) in [6.07, 6.45) is 13.6. The molecule has 236 valence electrons. The summed E-state index contributed by atoms with van der Waals surface area (Å²) in [6, 6.07) is 3.36. The number of ether oxygens (including phenoxy) is 1. The van der Waals surface area contributed by atoms with Crippen LogP contribution in [0.3, 0.4) is 0 Å². The monoisotopic (exact) mass is 595 g/mol. The lowest BCUT2D eigenvalue weighted by Gasteiger charge is -2.42. The molecular weight excluding hydrogens is 544 g/mol. The van der Waals surface area contributed by atoms with Crippen LogP contribution >= 0.6 is 0 Å². The van der Waals surface area contributed by atoms with Crippen molar-refractivity contribution in [3.8, 4) is 0 Å². The molecule has 5 nitrogen and oxygen atoms in total. The number of hydrogen-bond acceptors (Lipinski definition) is 4. The van der Waals surface area contributed by atoms with Gasteiger partial charge in [-0.2, -0.15) is 0 Å². The molecule has 0 aromatic heterocycles. The summed E-state index contributed by atoms with van der Waals surface area (Å²) in [7, 11) is 0. The van der Waals surface area contributed by atoms with E-state index in [1.165, 1.54) is 37.6 Å². The molecule has 1 fully saturated rings. The normalized spacial score (nSPS) is 17.3. The third-order valence-corrected chi connectivity index (χ3v) is 7.40. The summed E-state index contributed by atoms with van der Waals surface area (Å²) in [6.45, 7) is 23.7. The fraction of sp³-hybridized carbons (Fsp3) is 0.500.